The summed E-state index contributed by atoms with van der Waals surface area (Å²) < 4.78 is 39.3. The second kappa shape index (κ2) is 18.7. The molecule has 0 saturated carbocycles. The average Bonchev–Trinajstić information content (AvgIpc) is 3.91. The molecule has 5 aliphatic rings. The molecule has 2 bridgehead atoms. The van der Waals surface area contributed by atoms with Crippen LogP contribution in [0.5, 0.6) is 28.7 Å². The highest BCUT2D eigenvalue weighted by Crippen LogP contribution is 2.58. The van der Waals surface area contributed by atoms with E-state index in [2.05, 4.69) is 51.5 Å². The third-order valence-corrected chi connectivity index (χ3v) is 14.9. The Hall–Kier alpha value is -4.79. The van der Waals surface area contributed by atoms with Crippen molar-refractivity contribution < 1.29 is 47.9 Å². The minimum Gasteiger partial charge on any atom is -0.507 e. The van der Waals surface area contributed by atoms with Crippen LogP contribution in [0.25, 0.3) is 11.1 Å². The fourth-order valence-electron chi connectivity index (χ4n) is 10.7. The lowest BCUT2D eigenvalue weighted by Crippen LogP contribution is -2.68. The Morgan fingerprint density at radius 2 is 1.68 bits per heavy atom. The van der Waals surface area contributed by atoms with Crippen molar-refractivity contribution in [2.75, 3.05) is 59.6 Å². The number of benzene rings is 4. The number of nitriles is 1. The van der Waals surface area contributed by atoms with Gasteiger partial charge in [0.25, 0.3) is 0 Å². The van der Waals surface area contributed by atoms with Gasteiger partial charge in [0.2, 0.25) is 10.6 Å². The van der Waals surface area contributed by atoms with Crippen molar-refractivity contribution in [3.05, 3.63) is 99.1 Å². The highest BCUT2D eigenvalue weighted by atomic mass is 35.6. The van der Waals surface area contributed by atoms with Crippen molar-refractivity contribution in [1.82, 2.24) is 15.1 Å². The number of hydrogen-bond donors (Lipinski definition) is 2. The first-order valence-corrected chi connectivity index (χ1v) is 23.8. The molecule has 1 saturated heterocycles. The van der Waals surface area contributed by atoms with Gasteiger partial charge in [-0.2, -0.15) is 17.0 Å². The molecule has 348 valence electrons. The number of ether oxygens (including phenoxy) is 7. The Bertz CT molecular complexity index is 2560. The van der Waals surface area contributed by atoms with Gasteiger partial charge in [-0.25, -0.2) is 9.59 Å². The molecule has 2 N–H and O–H groups in total. The number of likely N-dealkylation sites (N-methyl/N-ethyl adjacent to an activating group) is 1. The van der Waals surface area contributed by atoms with Gasteiger partial charge in [-0.3, -0.25) is 9.80 Å². The molecule has 1 unspecified atom stereocenters. The fourth-order valence-corrected chi connectivity index (χ4v) is 12.1. The Labute approximate surface area is 402 Å². The lowest BCUT2D eigenvalue weighted by atomic mass is 9.71. The van der Waals surface area contributed by atoms with Crippen LogP contribution in [0.1, 0.15) is 62.5 Å². The lowest BCUT2D eigenvalue weighted by molar-refractivity contribution is -0.150. The number of nitrogens with zero attached hydrogens (tertiary/aromatic N) is 3. The SMILES string of the molecule is COCOc1c(OC)c(C)cc2c1[C@@H]1C3Cc4c(O)c(C)c5c(c4[C@H](COC(=O)[C@@H](CSCC4c6ccccc6-c6ccccc64)NC(=O)OCC(Cl)(Cl)Cl)N3[C@@H](C#N)[C@H](C2)N1C)OCO5. The van der Waals surface area contributed by atoms with Gasteiger partial charge in [0.05, 0.1) is 25.3 Å². The first-order chi connectivity index (χ1) is 31.8. The molecule has 9 rings (SSSR count). The number of thioether (sulfide) groups is 1. The monoisotopic (exact) mass is 978 g/mol. The van der Waals surface area contributed by atoms with E-state index in [9.17, 15) is 20.0 Å². The molecule has 6 atom stereocenters. The van der Waals surface area contributed by atoms with Gasteiger partial charge < -0.3 is 43.6 Å². The van der Waals surface area contributed by atoms with E-state index in [0.717, 1.165) is 27.8 Å². The number of esters is 1. The van der Waals surface area contributed by atoms with E-state index in [0.29, 0.717) is 58.3 Å². The van der Waals surface area contributed by atoms with Crippen LogP contribution in [-0.4, -0.2) is 115 Å². The number of carbonyl (C=O) groups excluding carboxylic acids is 2. The largest absolute Gasteiger partial charge is 0.507 e. The van der Waals surface area contributed by atoms with Crippen LogP contribution >= 0.6 is 46.6 Å². The van der Waals surface area contributed by atoms with E-state index in [-0.39, 0.29) is 49.7 Å². The molecular formula is C48H49Cl3N4O10S. The highest BCUT2D eigenvalue weighted by Gasteiger charge is 2.57. The molecular weight excluding hydrogens is 931 g/mol. The summed E-state index contributed by atoms with van der Waals surface area (Å²) in [6.07, 6.45) is -0.172. The van der Waals surface area contributed by atoms with E-state index in [4.69, 9.17) is 68.0 Å². The number of carbonyl (C=O) groups is 2. The van der Waals surface area contributed by atoms with Gasteiger partial charge >= 0.3 is 12.1 Å². The Morgan fingerprint density at radius 1 is 0.985 bits per heavy atom. The number of amides is 1. The number of nitrogens with one attached hydrogen (secondary N) is 1. The molecule has 4 aromatic rings. The Balaban J connectivity index is 1.06. The van der Waals surface area contributed by atoms with Crippen LogP contribution < -0.4 is 24.3 Å². The van der Waals surface area contributed by atoms with E-state index >= 15 is 0 Å². The van der Waals surface area contributed by atoms with Gasteiger partial charge in [0.1, 0.15) is 31.0 Å². The summed E-state index contributed by atoms with van der Waals surface area (Å²) in [5, 5.41) is 25.8. The zero-order valence-corrected chi connectivity index (χ0v) is 40.0. The Morgan fingerprint density at radius 3 is 2.35 bits per heavy atom. The molecule has 0 aromatic heterocycles. The smallest absolute Gasteiger partial charge is 0.408 e. The summed E-state index contributed by atoms with van der Waals surface area (Å²) in [6, 6.07) is 17.3. The first kappa shape index (κ1) is 46.3. The van der Waals surface area contributed by atoms with Gasteiger partial charge in [-0.05, 0) is 67.1 Å². The van der Waals surface area contributed by atoms with Gasteiger partial charge in [-0.15, -0.1) is 0 Å². The standard InChI is InChI=1S/C48H49Cl3N4O10S/c1-24-14-26-15-34-36(17-52)55-35(40(54(34)3)38(26)44(42(24)60-5)63-22-59-4)16-31-39(45-43(64-23-65-45)25(2)41(31)56)37(55)18-61-46(57)33(53-47(58)62-21-48(49,50)51)20-66-19-32-29-12-8-6-10-27(29)28-11-7-9-13-30(28)32/h6-14,32-37,40,56H,15-16,18-23H2,1-5H3,(H,53,58)/t33-,34+,35?,36+,37+,40+/m1/s1. The lowest BCUT2D eigenvalue weighted by Gasteiger charge is -2.59. The van der Waals surface area contributed by atoms with Crippen LogP contribution in [0.3, 0.4) is 0 Å². The topological polar surface area (TPSA) is 161 Å². The number of phenols is 1. The third kappa shape index (κ3) is 8.22. The van der Waals surface area contributed by atoms with E-state index < -0.39 is 46.6 Å². The van der Waals surface area contributed by atoms with Crippen molar-refractivity contribution >= 4 is 58.6 Å². The quantitative estimate of drug-likeness (QED) is 0.0752. The fraction of sp³-hybridized carbons (Fsp3) is 0.438. The number of fused-ring (bicyclic) bond motifs is 12. The maximum Gasteiger partial charge on any atom is 0.408 e. The average molecular weight is 980 g/mol. The number of phenolic OH excluding ortho intramolecular Hbond substituents is 1. The summed E-state index contributed by atoms with van der Waals surface area (Å²) in [7, 11) is 5.15. The van der Waals surface area contributed by atoms with E-state index in [1.54, 1.807) is 21.1 Å². The van der Waals surface area contributed by atoms with E-state index in [1.807, 2.05) is 38.2 Å². The normalized spacial score (nSPS) is 21.9. The van der Waals surface area contributed by atoms with Crippen molar-refractivity contribution in [1.29, 1.82) is 5.26 Å². The van der Waals surface area contributed by atoms with E-state index in [1.165, 1.54) is 22.9 Å². The number of alkyl carbamates (subject to hydrolysis) is 1. The number of methoxy groups -OCH3 is 2. The number of aromatic hydroxyl groups is 1. The van der Waals surface area contributed by atoms with Crippen LogP contribution in [0.4, 0.5) is 4.79 Å². The first-order valence-electron chi connectivity index (χ1n) is 21.5. The summed E-state index contributed by atoms with van der Waals surface area (Å²) in [5.41, 5.74) is 9.14. The second-order valence-corrected chi connectivity index (χ2v) is 20.7. The molecule has 0 radical (unpaired) electrons. The summed E-state index contributed by atoms with van der Waals surface area (Å²) in [4.78, 5) is 32.1. The molecule has 14 nitrogen and oxygen atoms in total. The molecule has 1 fully saturated rings. The number of hydrogen-bond acceptors (Lipinski definition) is 14. The molecule has 4 heterocycles. The Kier molecular flexibility index (Phi) is 13.1. The van der Waals surface area contributed by atoms with Crippen LogP contribution in [0.2, 0.25) is 0 Å². The molecule has 1 amide bonds. The van der Waals surface area contributed by atoms with Crippen molar-refractivity contribution in [3.8, 4) is 45.9 Å². The van der Waals surface area contributed by atoms with Crippen molar-refractivity contribution in [2.45, 2.75) is 72.7 Å². The number of halogens is 3. The molecule has 18 heteroatoms. The number of rotatable bonds is 13. The maximum absolute atomic E-state index is 14.6. The predicted molar refractivity (Wildman–Crippen MR) is 249 cm³/mol. The molecule has 0 spiro atoms. The zero-order chi connectivity index (χ0) is 46.6. The van der Waals surface area contributed by atoms with Gasteiger partial charge in [-0.1, -0.05) is 89.4 Å². The maximum atomic E-state index is 14.6. The number of aryl methyl sites for hydroxylation is 1. The second-order valence-electron chi connectivity index (χ2n) is 17.1. The predicted octanol–water partition coefficient (Wildman–Crippen LogP) is 8.05. The molecule has 1 aliphatic carbocycles. The van der Waals surface area contributed by atoms with Crippen molar-refractivity contribution in [2.24, 2.45) is 0 Å². The summed E-state index contributed by atoms with van der Waals surface area (Å²) >= 11 is 19.2. The van der Waals surface area contributed by atoms with Gasteiger partial charge in [0.15, 0.2) is 29.8 Å². The van der Waals surface area contributed by atoms with Crippen molar-refractivity contribution in [3.63, 3.8) is 0 Å². The molecule has 66 heavy (non-hydrogen) atoms. The molecule has 4 aliphatic heterocycles. The number of alkyl halides is 3. The van der Waals surface area contributed by atoms with Crippen LogP contribution in [0.15, 0.2) is 54.6 Å². The van der Waals surface area contributed by atoms with Gasteiger partial charge in [0, 0.05) is 58.9 Å². The van der Waals surface area contributed by atoms with Crippen LogP contribution in [0, 0.1) is 25.2 Å². The minimum atomic E-state index is -1.88. The summed E-state index contributed by atoms with van der Waals surface area (Å²) in [6.45, 7) is 2.77. The third-order valence-electron chi connectivity index (χ3n) is 13.5. The molecule has 4 aromatic carbocycles. The summed E-state index contributed by atoms with van der Waals surface area (Å²) in [5.74, 6) is 1.93. The minimum absolute atomic E-state index is 0.0274. The number of piperazine rings is 1. The highest BCUT2D eigenvalue weighted by molar-refractivity contribution is 7.99. The zero-order valence-electron chi connectivity index (χ0n) is 36.9. The van der Waals surface area contributed by atoms with Crippen LogP contribution in [-0.2, 0) is 31.8 Å².